The fourth-order valence-corrected chi connectivity index (χ4v) is 5.03. The molecule has 1 aromatic heterocycles. The molecular weight excluding hydrogens is 334 g/mol. The van der Waals surface area contributed by atoms with Crippen molar-refractivity contribution in [1.29, 1.82) is 0 Å². The third-order valence-electron chi connectivity index (χ3n) is 3.58. The molecule has 1 fully saturated rings. The molecule has 0 spiro atoms. The Hall–Kier alpha value is -0.630. The van der Waals surface area contributed by atoms with Crippen LogP contribution in [0.2, 0.25) is 0 Å². The summed E-state index contributed by atoms with van der Waals surface area (Å²) in [4.78, 5) is 14.2. The number of amides is 1. The van der Waals surface area contributed by atoms with Crippen LogP contribution in [0, 0.1) is 6.92 Å². The van der Waals surface area contributed by atoms with E-state index >= 15 is 0 Å². The average Bonchev–Trinajstić information content (AvgIpc) is 2.81. The van der Waals surface area contributed by atoms with Gasteiger partial charge in [0.05, 0.1) is 11.7 Å². The molecule has 0 N–H and O–H groups in total. The molecule has 2 rings (SSSR count). The molecule has 0 unspecified atom stereocenters. The first-order valence-corrected chi connectivity index (χ1v) is 9.97. The molecule has 1 aromatic rings. The summed E-state index contributed by atoms with van der Waals surface area (Å²) in [6.07, 6.45) is 1.83. The summed E-state index contributed by atoms with van der Waals surface area (Å²) >= 11 is 0.992. The molecule has 8 heteroatoms. The van der Waals surface area contributed by atoms with Gasteiger partial charge in [-0.25, -0.2) is 8.42 Å². The predicted molar refractivity (Wildman–Crippen MR) is 82.6 cm³/mol. The summed E-state index contributed by atoms with van der Waals surface area (Å²) in [5, 5.41) is 1.57. The number of carbonyl (C=O) groups is 1. The van der Waals surface area contributed by atoms with Crippen molar-refractivity contribution in [2.45, 2.75) is 37.0 Å². The van der Waals surface area contributed by atoms with Gasteiger partial charge in [0.15, 0.2) is 0 Å². The Morgan fingerprint density at radius 1 is 1.48 bits per heavy atom. The van der Waals surface area contributed by atoms with Gasteiger partial charge in [-0.15, -0.1) is 11.3 Å². The van der Waals surface area contributed by atoms with Gasteiger partial charge >= 0.3 is 0 Å². The molecule has 1 amide bonds. The maximum absolute atomic E-state index is 12.5. The molecule has 1 aliphatic rings. The smallest absolute Gasteiger partial charge is 0.271 e. The number of nitrogens with zero attached hydrogens (tertiary/aromatic N) is 1. The largest absolute Gasteiger partial charge is 0.378 e. The molecule has 0 aliphatic carbocycles. The van der Waals surface area contributed by atoms with Crippen LogP contribution in [0.3, 0.4) is 0 Å². The van der Waals surface area contributed by atoms with Crippen molar-refractivity contribution in [3.8, 4) is 0 Å². The van der Waals surface area contributed by atoms with Crippen molar-refractivity contribution in [1.82, 2.24) is 4.90 Å². The lowest BCUT2D eigenvalue weighted by molar-refractivity contribution is 0.0146. The molecule has 0 radical (unpaired) electrons. The Labute approximate surface area is 133 Å². The van der Waals surface area contributed by atoms with Crippen molar-refractivity contribution >= 4 is 37.0 Å². The highest BCUT2D eigenvalue weighted by molar-refractivity contribution is 8.15. The number of halogens is 1. The molecule has 0 saturated carbocycles. The van der Waals surface area contributed by atoms with E-state index in [1.165, 1.54) is 0 Å². The summed E-state index contributed by atoms with van der Waals surface area (Å²) < 4.78 is 28.4. The Bertz CT molecular complexity index is 618. The van der Waals surface area contributed by atoms with Crippen molar-refractivity contribution in [3.05, 3.63) is 16.5 Å². The Kier molecular flexibility index (Phi) is 5.29. The maximum atomic E-state index is 12.5. The highest BCUT2D eigenvalue weighted by Crippen LogP contribution is 2.30. The van der Waals surface area contributed by atoms with E-state index in [2.05, 4.69) is 0 Å². The summed E-state index contributed by atoms with van der Waals surface area (Å²) in [6, 6.07) is 0. The SMILES string of the molecule is CCOC1CCN(C(=O)c2csc(S(=O)(=O)Cl)c2C)CC1. The van der Waals surface area contributed by atoms with E-state index in [0.717, 1.165) is 24.2 Å². The van der Waals surface area contributed by atoms with Gasteiger partial charge in [0, 0.05) is 35.8 Å². The lowest BCUT2D eigenvalue weighted by Gasteiger charge is -2.31. The summed E-state index contributed by atoms with van der Waals surface area (Å²) in [6.45, 7) is 5.51. The first-order valence-electron chi connectivity index (χ1n) is 6.78. The monoisotopic (exact) mass is 351 g/mol. The zero-order valence-corrected chi connectivity index (χ0v) is 14.4. The Balaban J connectivity index is 2.10. The lowest BCUT2D eigenvalue weighted by atomic mass is 10.1. The fraction of sp³-hybridized carbons (Fsp3) is 0.615. The van der Waals surface area contributed by atoms with Crippen LogP contribution in [0.15, 0.2) is 9.59 Å². The number of likely N-dealkylation sites (tertiary alicyclic amines) is 1. The van der Waals surface area contributed by atoms with Gasteiger partial charge in [-0.3, -0.25) is 4.79 Å². The number of hydrogen-bond donors (Lipinski definition) is 0. The van der Waals surface area contributed by atoms with E-state index in [9.17, 15) is 13.2 Å². The van der Waals surface area contributed by atoms with E-state index in [0.29, 0.717) is 30.8 Å². The van der Waals surface area contributed by atoms with Crippen molar-refractivity contribution in [2.75, 3.05) is 19.7 Å². The number of ether oxygens (including phenoxy) is 1. The summed E-state index contributed by atoms with van der Waals surface area (Å²) in [5.74, 6) is -0.134. The third-order valence-corrected chi connectivity index (χ3v) is 6.88. The molecule has 0 atom stereocenters. The Morgan fingerprint density at radius 2 is 2.10 bits per heavy atom. The van der Waals surface area contributed by atoms with Crippen LogP contribution in [0.5, 0.6) is 0 Å². The lowest BCUT2D eigenvalue weighted by Crippen LogP contribution is -2.41. The zero-order chi connectivity index (χ0) is 15.6. The van der Waals surface area contributed by atoms with Crippen molar-refractivity contribution in [2.24, 2.45) is 0 Å². The van der Waals surface area contributed by atoms with E-state index in [4.69, 9.17) is 15.4 Å². The van der Waals surface area contributed by atoms with Crippen LogP contribution < -0.4 is 0 Å². The first-order chi connectivity index (χ1) is 9.84. The molecule has 2 heterocycles. The van der Waals surface area contributed by atoms with Gasteiger partial charge in [-0.2, -0.15) is 0 Å². The first kappa shape index (κ1) is 16.7. The van der Waals surface area contributed by atoms with E-state index in [1.54, 1.807) is 17.2 Å². The van der Waals surface area contributed by atoms with Gasteiger partial charge in [-0.1, -0.05) is 0 Å². The van der Waals surface area contributed by atoms with E-state index in [1.807, 2.05) is 6.92 Å². The quantitative estimate of drug-likeness (QED) is 0.782. The van der Waals surface area contributed by atoms with Crippen LogP contribution >= 0.6 is 22.0 Å². The van der Waals surface area contributed by atoms with E-state index in [-0.39, 0.29) is 16.2 Å². The molecule has 0 aromatic carbocycles. The fourth-order valence-electron chi connectivity index (χ4n) is 2.48. The molecule has 118 valence electrons. The molecular formula is C13H18ClNO4S2. The van der Waals surface area contributed by atoms with Crippen LogP contribution in [-0.4, -0.2) is 45.0 Å². The van der Waals surface area contributed by atoms with Gasteiger partial charge in [0.25, 0.3) is 15.0 Å². The molecule has 5 nitrogen and oxygen atoms in total. The molecule has 21 heavy (non-hydrogen) atoms. The maximum Gasteiger partial charge on any atom is 0.271 e. The van der Waals surface area contributed by atoms with Gasteiger partial charge in [0.1, 0.15) is 4.21 Å². The average molecular weight is 352 g/mol. The van der Waals surface area contributed by atoms with Gasteiger partial charge in [-0.05, 0) is 32.3 Å². The summed E-state index contributed by atoms with van der Waals surface area (Å²) in [7, 11) is 1.57. The number of rotatable bonds is 4. The number of piperidine rings is 1. The number of thiophene rings is 1. The summed E-state index contributed by atoms with van der Waals surface area (Å²) in [5.41, 5.74) is 0.862. The second-order valence-corrected chi connectivity index (χ2v) is 8.59. The topological polar surface area (TPSA) is 63.7 Å². The van der Waals surface area contributed by atoms with Gasteiger partial charge in [0.2, 0.25) is 0 Å². The predicted octanol–water partition coefficient (Wildman–Crippen LogP) is 2.63. The van der Waals surface area contributed by atoms with Crippen molar-refractivity contribution < 1.29 is 17.9 Å². The highest BCUT2D eigenvalue weighted by Gasteiger charge is 2.28. The second kappa shape index (κ2) is 6.64. The zero-order valence-electron chi connectivity index (χ0n) is 12.0. The minimum absolute atomic E-state index is 0.0525. The number of carbonyl (C=O) groups excluding carboxylic acids is 1. The standard InChI is InChI=1S/C13H18ClNO4S2/c1-3-19-10-4-6-15(7-5-10)12(16)11-8-20-13(9(11)2)21(14,17)18/h8,10H,3-7H2,1-2H3. The normalized spacial score (nSPS) is 17.2. The van der Waals surface area contributed by atoms with E-state index < -0.39 is 9.05 Å². The number of hydrogen-bond acceptors (Lipinski definition) is 5. The van der Waals surface area contributed by atoms with Gasteiger partial charge < -0.3 is 9.64 Å². The minimum Gasteiger partial charge on any atom is -0.378 e. The molecule has 0 bridgehead atoms. The third kappa shape index (κ3) is 3.77. The van der Waals surface area contributed by atoms with Crippen LogP contribution in [0.1, 0.15) is 35.7 Å². The van der Waals surface area contributed by atoms with Crippen LogP contribution in [0.4, 0.5) is 0 Å². The Morgan fingerprint density at radius 3 is 2.57 bits per heavy atom. The highest BCUT2D eigenvalue weighted by atomic mass is 35.7. The second-order valence-electron chi connectivity index (χ2n) is 4.95. The van der Waals surface area contributed by atoms with Crippen molar-refractivity contribution in [3.63, 3.8) is 0 Å². The minimum atomic E-state index is -3.79. The van der Waals surface area contributed by atoms with Crippen LogP contribution in [0.25, 0.3) is 0 Å². The molecule has 1 saturated heterocycles. The molecule has 1 aliphatic heterocycles. The van der Waals surface area contributed by atoms with Crippen LogP contribution in [-0.2, 0) is 13.8 Å².